The predicted molar refractivity (Wildman–Crippen MR) is 72.8 cm³/mol. The fourth-order valence-corrected chi connectivity index (χ4v) is 2.31. The van der Waals surface area contributed by atoms with Crippen molar-refractivity contribution in [1.82, 2.24) is 0 Å². The van der Waals surface area contributed by atoms with Crippen LogP contribution in [0.2, 0.25) is 0 Å². The van der Waals surface area contributed by atoms with E-state index in [1.807, 2.05) is 22.6 Å². The molecule has 0 atom stereocenters. The summed E-state index contributed by atoms with van der Waals surface area (Å²) < 4.78 is 31.7. The molecule has 0 fully saturated rings. The Labute approximate surface area is 118 Å². The van der Waals surface area contributed by atoms with E-state index in [2.05, 4.69) is 13.8 Å². The van der Waals surface area contributed by atoms with Crippen molar-refractivity contribution >= 4 is 36.4 Å². The lowest BCUT2D eigenvalue weighted by atomic mass is 10.2. The maximum atomic E-state index is 11.8. The third-order valence-corrected chi connectivity index (χ3v) is 3.99. The lowest BCUT2D eigenvalue weighted by Gasteiger charge is -2.16. The highest BCUT2D eigenvalue weighted by Gasteiger charge is 2.27. The Morgan fingerprint density at radius 3 is 2.33 bits per heavy atom. The van der Waals surface area contributed by atoms with Crippen molar-refractivity contribution in [2.75, 3.05) is 21.3 Å². The van der Waals surface area contributed by atoms with Gasteiger partial charge in [0.05, 0.1) is 7.11 Å². The van der Waals surface area contributed by atoms with Gasteiger partial charge in [-0.3, -0.25) is 9.05 Å². The summed E-state index contributed by atoms with van der Waals surface area (Å²) in [5, 5.41) is 0. The molecule has 6 nitrogen and oxygen atoms in total. The fraction of sp³-hybridized carbons (Fsp3) is 0.300. The topological polar surface area (TPSA) is 71.1 Å². The zero-order valence-electron chi connectivity index (χ0n) is 10.0. The van der Waals surface area contributed by atoms with Gasteiger partial charge in [-0.25, -0.2) is 9.36 Å². The lowest BCUT2D eigenvalue weighted by molar-refractivity contribution is 0.0598. The van der Waals surface area contributed by atoms with Crippen molar-refractivity contribution in [1.29, 1.82) is 0 Å². The zero-order valence-corrected chi connectivity index (χ0v) is 13.1. The van der Waals surface area contributed by atoms with Gasteiger partial charge in [-0.2, -0.15) is 0 Å². The predicted octanol–water partition coefficient (Wildman–Crippen LogP) is 2.86. The summed E-state index contributed by atoms with van der Waals surface area (Å²) in [6, 6.07) is 4.74. The molecule has 0 aromatic heterocycles. The fourth-order valence-electron chi connectivity index (χ4n) is 1.12. The number of carbonyl (C=O) groups is 1. The second kappa shape index (κ2) is 6.51. The number of hydrogen-bond donors (Lipinski definition) is 0. The molecule has 8 heteroatoms. The Morgan fingerprint density at radius 2 is 1.83 bits per heavy atom. The van der Waals surface area contributed by atoms with Crippen LogP contribution in [0.15, 0.2) is 18.2 Å². The minimum atomic E-state index is -3.71. The molecule has 0 aliphatic heterocycles. The van der Waals surface area contributed by atoms with Gasteiger partial charge in [0, 0.05) is 17.8 Å². The summed E-state index contributed by atoms with van der Waals surface area (Å²) in [5.41, 5.74) is 0.152. The van der Waals surface area contributed by atoms with E-state index in [-0.39, 0.29) is 11.3 Å². The molecule has 0 amide bonds. The van der Waals surface area contributed by atoms with E-state index in [0.717, 1.165) is 3.57 Å². The van der Waals surface area contributed by atoms with Crippen LogP contribution in [0, 0.1) is 3.57 Å². The SMILES string of the molecule is COC(=O)c1cc(I)ccc1OP(=O)(OC)OC. The molecule has 0 saturated heterocycles. The highest BCUT2D eigenvalue weighted by atomic mass is 127. The molecule has 18 heavy (non-hydrogen) atoms. The van der Waals surface area contributed by atoms with E-state index in [9.17, 15) is 9.36 Å². The van der Waals surface area contributed by atoms with Crippen molar-refractivity contribution < 1.29 is 27.7 Å². The number of ether oxygens (including phenoxy) is 1. The maximum absolute atomic E-state index is 11.8. The Balaban J connectivity index is 3.16. The highest BCUT2D eigenvalue weighted by Crippen LogP contribution is 2.48. The molecule has 0 aliphatic rings. The van der Waals surface area contributed by atoms with Crippen LogP contribution >= 0.6 is 30.4 Å². The number of halogens is 1. The van der Waals surface area contributed by atoms with Crippen LogP contribution in [0.4, 0.5) is 0 Å². The first-order valence-corrected chi connectivity index (χ1v) is 7.28. The van der Waals surface area contributed by atoms with Crippen molar-refractivity contribution in [2.24, 2.45) is 0 Å². The van der Waals surface area contributed by atoms with E-state index in [0.29, 0.717) is 0 Å². The standard InChI is InChI=1S/C10H12IO6P/c1-14-10(12)8-6-7(11)4-5-9(8)17-18(13,15-2)16-3/h4-6H,1-3H3. The molecule has 0 aliphatic carbocycles. The minimum Gasteiger partial charge on any atom is -0.465 e. The normalized spacial score (nSPS) is 11.1. The molecule has 0 saturated carbocycles. The first-order chi connectivity index (χ1) is 8.45. The summed E-state index contributed by atoms with van der Waals surface area (Å²) in [6.07, 6.45) is 0. The third-order valence-electron chi connectivity index (χ3n) is 2.00. The van der Waals surface area contributed by atoms with Crippen LogP contribution in [0.1, 0.15) is 10.4 Å². The van der Waals surface area contributed by atoms with Gasteiger partial charge in [-0.1, -0.05) is 0 Å². The van der Waals surface area contributed by atoms with Crippen LogP contribution in [-0.4, -0.2) is 27.3 Å². The summed E-state index contributed by atoms with van der Waals surface area (Å²) in [4.78, 5) is 11.6. The van der Waals surface area contributed by atoms with Crippen LogP contribution in [0.3, 0.4) is 0 Å². The molecular weight excluding hydrogens is 374 g/mol. The Kier molecular flexibility index (Phi) is 5.58. The van der Waals surface area contributed by atoms with Crippen molar-refractivity contribution in [2.45, 2.75) is 0 Å². The number of phosphoric acid groups is 1. The number of carbonyl (C=O) groups excluding carboxylic acids is 1. The van der Waals surface area contributed by atoms with E-state index in [1.165, 1.54) is 27.4 Å². The molecule has 0 radical (unpaired) electrons. The smallest absolute Gasteiger partial charge is 0.465 e. The molecule has 100 valence electrons. The van der Waals surface area contributed by atoms with Crippen molar-refractivity contribution in [3.05, 3.63) is 27.3 Å². The van der Waals surface area contributed by atoms with Crippen LogP contribution in [0.25, 0.3) is 0 Å². The molecular formula is C10H12IO6P. The third kappa shape index (κ3) is 3.68. The van der Waals surface area contributed by atoms with Gasteiger partial charge in [0.1, 0.15) is 11.3 Å². The number of phosphoric ester groups is 1. The number of esters is 1. The monoisotopic (exact) mass is 386 g/mol. The van der Waals surface area contributed by atoms with Gasteiger partial charge >= 0.3 is 13.8 Å². The molecule has 0 unspecified atom stereocenters. The van der Waals surface area contributed by atoms with Crippen molar-refractivity contribution in [3.63, 3.8) is 0 Å². The zero-order chi connectivity index (χ0) is 13.8. The van der Waals surface area contributed by atoms with Gasteiger partial charge < -0.3 is 9.26 Å². The van der Waals surface area contributed by atoms with Gasteiger partial charge in [0.25, 0.3) is 0 Å². The molecule has 1 aromatic rings. The molecule has 0 spiro atoms. The number of rotatable bonds is 5. The van der Waals surface area contributed by atoms with E-state index < -0.39 is 13.8 Å². The second-order valence-corrected chi connectivity index (χ2v) is 6.09. The molecule has 0 bridgehead atoms. The average molecular weight is 386 g/mol. The Bertz CT molecular complexity index is 481. The van der Waals surface area contributed by atoms with Crippen LogP contribution < -0.4 is 4.52 Å². The molecule has 0 heterocycles. The number of hydrogen-bond acceptors (Lipinski definition) is 6. The first kappa shape index (κ1) is 15.4. The molecule has 1 aromatic carbocycles. The van der Waals surface area contributed by atoms with Gasteiger partial charge in [0.2, 0.25) is 0 Å². The van der Waals surface area contributed by atoms with Gasteiger partial charge in [0.15, 0.2) is 0 Å². The molecule has 1 rings (SSSR count). The summed E-state index contributed by atoms with van der Waals surface area (Å²) in [6.45, 7) is 0. The minimum absolute atomic E-state index is 0.0781. The lowest BCUT2D eigenvalue weighted by Crippen LogP contribution is -2.06. The maximum Gasteiger partial charge on any atom is 0.529 e. The summed E-state index contributed by atoms with van der Waals surface area (Å²) in [7, 11) is -0.0787. The van der Waals surface area contributed by atoms with Crippen LogP contribution in [0.5, 0.6) is 5.75 Å². The molecule has 0 N–H and O–H groups in total. The second-order valence-electron chi connectivity index (χ2n) is 3.04. The Hall–Kier alpha value is -0.630. The number of methoxy groups -OCH3 is 1. The largest absolute Gasteiger partial charge is 0.529 e. The van der Waals surface area contributed by atoms with Gasteiger partial charge in [-0.15, -0.1) is 0 Å². The van der Waals surface area contributed by atoms with E-state index in [1.54, 1.807) is 12.1 Å². The van der Waals surface area contributed by atoms with Crippen molar-refractivity contribution in [3.8, 4) is 5.75 Å². The van der Waals surface area contributed by atoms with Gasteiger partial charge in [-0.05, 0) is 40.8 Å². The summed E-state index contributed by atoms with van der Waals surface area (Å²) >= 11 is 2.03. The van der Waals surface area contributed by atoms with Crippen LogP contribution in [-0.2, 0) is 18.3 Å². The quantitative estimate of drug-likeness (QED) is 0.441. The van der Waals surface area contributed by atoms with E-state index in [4.69, 9.17) is 4.52 Å². The summed E-state index contributed by atoms with van der Waals surface area (Å²) in [5.74, 6) is -0.517. The number of benzene rings is 1. The Morgan fingerprint density at radius 1 is 1.22 bits per heavy atom. The first-order valence-electron chi connectivity index (χ1n) is 4.74. The van der Waals surface area contributed by atoms with E-state index >= 15 is 0 Å². The average Bonchev–Trinajstić information content (AvgIpc) is 2.39. The highest BCUT2D eigenvalue weighted by molar-refractivity contribution is 14.1.